The average Bonchev–Trinajstić information content (AvgIpc) is 2.37. The summed E-state index contributed by atoms with van der Waals surface area (Å²) < 4.78 is 34.4. The number of rotatable bonds is 4. The van der Waals surface area contributed by atoms with Crippen LogP contribution in [0.15, 0.2) is 64.8 Å². The fraction of sp³-hybridized carbons (Fsp3) is 0. The summed E-state index contributed by atoms with van der Waals surface area (Å²) in [5, 5.41) is 7.82. The van der Waals surface area contributed by atoms with E-state index < -0.39 is 10.4 Å². The van der Waals surface area contributed by atoms with E-state index in [1.165, 1.54) is 12.1 Å². The van der Waals surface area contributed by atoms with Gasteiger partial charge in [0.25, 0.3) is 0 Å². The topological polar surface area (TPSA) is 88.3 Å². The summed E-state index contributed by atoms with van der Waals surface area (Å²) in [7, 11) is -4.58. The van der Waals surface area contributed by atoms with Crippen molar-refractivity contribution in [3.63, 3.8) is 0 Å². The molecule has 0 saturated carbocycles. The van der Waals surface area contributed by atoms with Crippen LogP contribution in [0.1, 0.15) is 0 Å². The lowest BCUT2D eigenvalue weighted by atomic mass is 10.3. The zero-order chi connectivity index (χ0) is 13.7. The molecule has 2 rings (SSSR count). The molecule has 0 unspecified atom stereocenters. The van der Waals surface area contributed by atoms with Gasteiger partial charge in [-0.3, -0.25) is 4.55 Å². The Kier molecular flexibility index (Phi) is 3.88. The molecule has 2 aromatic rings. The van der Waals surface area contributed by atoms with Crippen molar-refractivity contribution in [3.05, 3.63) is 54.6 Å². The lowest BCUT2D eigenvalue weighted by Gasteiger charge is -2.03. The number of hydrogen-bond donors (Lipinski definition) is 1. The molecule has 0 heterocycles. The summed E-state index contributed by atoms with van der Waals surface area (Å²) in [6, 6.07) is 15.0. The quantitative estimate of drug-likeness (QED) is 0.686. The Morgan fingerprint density at radius 1 is 0.895 bits per heavy atom. The maximum absolute atomic E-state index is 10.7. The van der Waals surface area contributed by atoms with E-state index in [4.69, 9.17) is 4.55 Å². The first-order valence-corrected chi connectivity index (χ1v) is 6.64. The molecule has 19 heavy (non-hydrogen) atoms. The van der Waals surface area contributed by atoms with Crippen molar-refractivity contribution < 1.29 is 17.2 Å². The van der Waals surface area contributed by atoms with Gasteiger partial charge in [-0.15, -0.1) is 5.11 Å². The van der Waals surface area contributed by atoms with Crippen molar-refractivity contribution in [3.8, 4) is 5.75 Å². The predicted octanol–water partition coefficient (Wildman–Crippen LogP) is 3.28. The highest BCUT2D eigenvalue weighted by Gasteiger charge is 2.10. The van der Waals surface area contributed by atoms with Crippen molar-refractivity contribution in [2.75, 3.05) is 0 Å². The van der Waals surface area contributed by atoms with E-state index in [0.29, 0.717) is 5.69 Å². The molecule has 0 bridgehead atoms. The van der Waals surface area contributed by atoms with Crippen LogP contribution in [-0.4, -0.2) is 13.0 Å². The second-order valence-corrected chi connectivity index (χ2v) is 4.54. The number of benzene rings is 2. The highest BCUT2D eigenvalue weighted by molar-refractivity contribution is 7.81. The average molecular weight is 278 g/mol. The first-order valence-electron chi connectivity index (χ1n) is 5.27. The second kappa shape index (κ2) is 5.59. The van der Waals surface area contributed by atoms with Gasteiger partial charge in [-0.25, -0.2) is 0 Å². The van der Waals surface area contributed by atoms with Crippen molar-refractivity contribution >= 4 is 21.8 Å². The fourth-order valence-electron chi connectivity index (χ4n) is 1.33. The molecule has 1 N–H and O–H groups in total. The molecule has 0 radical (unpaired) electrons. The minimum absolute atomic E-state index is 0.0929. The molecule has 6 nitrogen and oxygen atoms in total. The third kappa shape index (κ3) is 4.16. The molecule has 7 heteroatoms. The van der Waals surface area contributed by atoms with Gasteiger partial charge >= 0.3 is 10.4 Å². The lowest BCUT2D eigenvalue weighted by molar-refractivity contribution is 0.387. The molecule has 98 valence electrons. The molecule has 0 saturated heterocycles. The summed E-state index contributed by atoms with van der Waals surface area (Å²) in [6.07, 6.45) is 0. The van der Waals surface area contributed by atoms with E-state index in [0.717, 1.165) is 0 Å². The van der Waals surface area contributed by atoms with Gasteiger partial charge in [0.05, 0.1) is 5.69 Å². The number of hydrogen-bond acceptors (Lipinski definition) is 5. The standard InChI is InChI=1S/C12H10N2O4S/c15-19(16,17)18-12-9-5-4-8-11(12)14-13-10-6-2-1-3-7-10/h1-9H,(H,15,16,17). The van der Waals surface area contributed by atoms with E-state index in [1.54, 1.807) is 36.4 Å². The molecule has 0 aliphatic heterocycles. The summed E-state index contributed by atoms with van der Waals surface area (Å²) in [5.41, 5.74) is 0.813. The minimum atomic E-state index is -4.58. The smallest absolute Gasteiger partial charge is 0.359 e. The predicted molar refractivity (Wildman–Crippen MR) is 69.2 cm³/mol. The molecular weight excluding hydrogens is 268 g/mol. The Morgan fingerprint density at radius 2 is 1.53 bits per heavy atom. The van der Waals surface area contributed by atoms with Gasteiger partial charge < -0.3 is 4.18 Å². The molecular formula is C12H10N2O4S. The Morgan fingerprint density at radius 3 is 2.21 bits per heavy atom. The Labute approximate surface area is 110 Å². The third-order valence-corrected chi connectivity index (χ3v) is 2.48. The van der Waals surface area contributed by atoms with Crippen LogP contribution in [0, 0.1) is 0 Å². The van der Waals surface area contributed by atoms with Gasteiger partial charge in [0.2, 0.25) is 0 Å². The van der Waals surface area contributed by atoms with Gasteiger partial charge in [-0.2, -0.15) is 13.5 Å². The van der Waals surface area contributed by atoms with E-state index >= 15 is 0 Å². The van der Waals surface area contributed by atoms with Gasteiger partial charge in [0.1, 0.15) is 5.69 Å². The maximum Gasteiger partial charge on any atom is 0.446 e. The highest BCUT2D eigenvalue weighted by atomic mass is 32.3. The van der Waals surface area contributed by atoms with E-state index in [-0.39, 0.29) is 11.4 Å². The van der Waals surface area contributed by atoms with Crippen molar-refractivity contribution in [1.29, 1.82) is 0 Å². The first-order chi connectivity index (χ1) is 9.04. The van der Waals surface area contributed by atoms with Crippen LogP contribution in [-0.2, 0) is 10.4 Å². The largest absolute Gasteiger partial charge is 0.446 e. The molecule has 0 aliphatic rings. The van der Waals surface area contributed by atoms with Gasteiger partial charge in [0.15, 0.2) is 5.75 Å². The Balaban J connectivity index is 2.28. The molecule has 0 fully saturated rings. The van der Waals surface area contributed by atoms with E-state index in [2.05, 4.69) is 14.4 Å². The van der Waals surface area contributed by atoms with E-state index in [9.17, 15) is 8.42 Å². The van der Waals surface area contributed by atoms with Gasteiger partial charge in [0, 0.05) is 0 Å². The summed E-state index contributed by atoms with van der Waals surface area (Å²) in [4.78, 5) is 0. The molecule has 0 atom stereocenters. The third-order valence-electron chi connectivity index (χ3n) is 2.09. The molecule has 0 amide bonds. The molecule has 0 aliphatic carbocycles. The number of azo groups is 1. The van der Waals surface area contributed by atoms with E-state index in [1.807, 2.05) is 6.07 Å². The number of nitrogens with zero attached hydrogens (tertiary/aromatic N) is 2. The van der Waals surface area contributed by atoms with Crippen LogP contribution in [0.4, 0.5) is 11.4 Å². The molecule has 0 spiro atoms. The Hall–Kier alpha value is -2.25. The maximum atomic E-state index is 10.7. The lowest BCUT2D eigenvalue weighted by Crippen LogP contribution is -2.06. The van der Waals surface area contributed by atoms with Crippen LogP contribution in [0.5, 0.6) is 5.75 Å². The first kappa shape index (κ1) is 13.2. The van der Waals surface area contributed by atoms with Crippen molar-refractivity contribution in [1.82, 2.24) is 0 Å². The van der Waals surface area contributed by atoms with Crippen LogP contribution in [0.2, 0.25) is 0 Å². The minimum Gasteiger partial charge on any atom is -0.359 e. The molecule has 0 aromatic heterocycles. The van der Waals surface area contributed by atoms with Crippen molar-refractivity contribution in [2.45, 2.75) is 0 Å². The summed E-state index contributed by atoms with van der Waals surface area (Å²) >= 11 is 0. The van der Waals surface area contributed by atoms with Crippen LogP contribution in [0.3, 0.4) is 0 Å². The van der Waals surface area contributed by atoms with Crippen LogP contribution in [0.25, 0.3) is 0 Å². The summed E-state index contributed by atoms with van der Waals surface area (Å²) in [6.45, 7) is 0. The Bertz CT molecular complexity index is 684. The second-order valence-electron chi connectivity index (χ2n) is 3.51. The summed E-state index contributed by atoms with van der Waals surface area (Å²) in [5.74, 6) is -0.0929. The normalized spacial score (nSPS) is 11.6. The van der Waals surface area contributed by atoms with Crippen molar-refractivity contribution in [2.24, 2.45) is 10.2 Å². The van der Waals surface area contributed by atoms with Crippen LogP contribution >= 0.6 is 0 Å². The van der Waals surface area contributed by atoms with Gasteiger partial charge in [-0.05, 0) is 24.3 Å². The molecule has 2 aromatic carbocycles. The zero-order valence-electron chi connectivity index (χ0n) is 9.67. The number of para-hydroxylation sites is 1. The SMILES string of the molecule is O=S(=O)(O)Oc1ccccc1N=Nc1ccccc1. The highest BCUT2D eigenvalue weighted by Crippen LogP contribution is 2.29. The van der Waals surface area contributed by atoms with Crippen LogP contribution < -0.4 is 4.18 Å². The monoisotopic (exact) mass is 278 g/mol. The zero-order valence-corrected chi connectivity index (χ0v) is 10.5. The van der Waals surface area contributed by atoms with Gasteiger partial charge in [-0.1, -0.05) is 30.3 Å². The fourth-order valence-corrected chi connectivity index (χ4v) is 1.70.